The lowest BCUT2D eigenvalue weighted by Gasteiger charge is -2.25. The number of rotatable bonds is 4. The van der Waals surface area contributed by atoms with Crippen molar-refractivity contribution in [1.29, 1.82) is 0 Å². The predicted molar refractivity (Wildman–Crippen MR) is 65.2 cm³/mol. The van der Waals surface area contributed by atoms with E-state index in [4.69, 9.17) is 4.74 Å². The van der Waals surface area contributed by atoms with Gasteiger partial charge in [-0.1, -0.05) is 34.1 Å². The summed E-state index contributed by atoms with van der Waals surface area (Å²) in [4.78, 5) is 11.6. The highest BCUT2D eigenvalue weighted by Gasteiger charge is 2.18. The first-order valence-corrected chi connectivity index (χ1v) is 6.13. The van der Waals surface area contributed by atoms with Crippen molar-refractivity contribution in [3.63, 3.8) is 0 Å². The second-order valence-electron chi connectivity index (χ2n) is 3.98. The Hall–Kier alpha value is -0.870. The summed E-state index contributed by atoms with van der Waals surface area (Å²) in [5.41, 5.74) is 1.02. The van der Waals surface area contributed by atoms with Crippen LogP contribution in [-0.4, -0.2) is 25.7 Å². The van der Waals surface area contributed by atoms with E-state index in [-0.39, 0.29) is 5.91 Å². The number of amides is 1. The zero-order valence-corrected chi connectivity index (χ0v) is 10.5. The van der Waals surface area contributed by atoms with Crippen LogP contribution in [0.25, 0.3) is 0 Å². The fraction of sp³-hybridized carbons (Fsp3) is 0.417. The van der Waals surface area contributed by atoms with Crippen LogP contribution in [-0.2, 0) is 16.0 Å². The molecule has 0 atom stereocenters. The lowest BCUT2D eigenvalue weighted by atomic mass is 10.1. The Morgan fingerprint density at radius 1 is 1.44 bits per heavy atom. The van der Waals surface area contributed by atoms with Crippen molar-refractivity contribution in [3.8, 4) is 0 Å². The Morgan fingerprint density at radius 2 is 2.19 bits per heavy atom. The number of ether oxygens (including phenoxy) is 1. The van der Waals surface area contributed by atoms with E-state index < -0.39 is 0 Å². The zero-order chi connectivity index (χ0) is 11.4. The first kappa shape index (κ1) is 11.6. The molecule has 1 aliphatic rings. The molecule has 1 aliphatic heterocycles. The van der Waals surface area contributed by atoms with Gasteiger partial charge in [0.05, 0.1) is 19.6 Å². The van der Waals surface area contributed by atoms with E-state index in [9.17, 15) is 4.79 Å². The molecule has 0 aromatic heterocycles. The lowest BCUT2D eigenvalue weighted by Crippen LogP contribution is -2.39. The average molecular weight is 284 g/mol. The van der Waals surface area contributed by atoms with Gasteiger partial charge in [0.25, 0.3) is 0 Å². The SMILES string of the molecule is O=C(Cc1ccccc1Br)NCC1COC1. The molecule has 0 spiro atoms. The molecule has 0 radical (unpaired) electrons. The van der Waals surface area contributed by atoms with Crippen LogP contribution in [0.1, 0.15) is 5.56 Å². The molecule has 1 aromatic carbocycles. The molecule has 1 heterocycles. The van der Waals surface area contributed by atoms with E-state index in [0.717, 1.165) is 29.8 Å². The van der Waals surface area contributed by atoms with Gasteiger partial charge in [-0.2, -0.15) is 0 Å². The number of nitrogens with one attached hydrogen (secondary N) is 1. The second-order valence-corrected chi connectivity index (χ2v) is 4.83. The molecule has 2 rings (SSSR count). The fourth-order valence-corrected chi connectivity index (χ4v) is 1.96. The van der Waals surface area contributed by atoms with Gasteiger partial charge < -0.3 is 10.1 Å². The van der Waals surface area contributed by atoms with E-state index in [1.54, 1.807) is 0 Å². The first-order chi connectivity index (χ1) is 7.75. The molecular formula is C12H14BrNO2. The third kappa shape index (κ3) is 3.06. The van der Waals surface area contributed by atoms with Gasteiger partial charge in [-0.05, 0) is 11.6 Å². The first-order valence-electron chi connectivity index (χ1n) is 5.33. The molecule has 86 valence electrons. The average Bonchev–Trinajstić information content (AvgIpc) is 2.19. The number of hydrogen-bond donors (Lipinski definition) is 1. The monoisotopic (exact) mass is 283 g/mol. The summed E-state index contributed by atoms with van der Waals surface area (Å²) >= 11 is 3.43. The molecule has 16 heavy (non-hydrogen) atoms. The van der Waals surface area contributed by atoms with E-state index >= 15 is 0 Å². The maximum Gasteiger partial charge on any atom is 0.224 e. The molecule has 3 nitrogen and oxygen atoms in total. The van der Waals surface area contributed by atoms with Gasteiger partial charge in [-0.25, -0.2) is 0 Å². The van der Waals surface area contributed by atoms with Crippen molar-refractivity contribution in [2.75, 3.05) is 19.8 Å². The predicted octanol–water partition coefficient (Wildman–Crippen LogP) is 1.75. The van der Waals surface area contributed by atoms with Gasteiger partial charge in [-0.15, -0.1) is 0 Å². The summed E-state index contributed by atoms with van der Waals surface area (Å²) in [5, 5.41) is 2.92. The van der Waals surface area contributed by atoms with Crippen LogP contribution in [0.4, 0.5) is 0 Å². The summed E-state index contributed by atoms with van der Waals surface area (Å²) in [6.45, 7) is 2.27. The molecule has 0 unspecified atom stereocenters. The Balaban J connectivity index is 1.80. The van der Waals surface area contributed by atoms with Crippen molar-refractivity contribution in [2.45, 2.75) is 6.42 Å². The van der Waals surface area contributed by atoms with Crippen molar-refractivity contribution in [3.05, 3.63) is 34.3 Å². The van der Waals surface area contributed by atoms with Gasteiger partial charge in [0.1, 0.15) is 0 Å². The maximum absolute atomic E-state index is 11.6. The summed E-state index contributed by atoms with van der Waals surface area (Å²) in [7, 11) is 0. The molecule has 0 saturated carbocycles. The molecule has 1 N–H and O–H groups in total. The highest BCUT2D eigenvalue weighted by molar-refractivity contribution is 9.10. The number of carbonyl (C=O) groups excluding carboxylic acids is 1. The largest absolute Gasteiger partial charge is 0.381 e. The summed E-state index contributed by atoms with van der Waals surface area (Å²) in [6.07, 6.45) is 0.426. The van der Waals surface area contributed by atoms with E-state index in [0.29, 0.717) is 12.3 Å². The molecule has 1 fully saturated rings. The quantitative estimate of drug-likeness (QED) is 0.915. The van der Waals surface area contributed by atoms with Crippen LogP contribution in [0.2, 0.25) is 0 Å². The van der Waals surface area contributed by atoms with Crippen LogP contribution in [0.3, 0.4) is 0 Å². The summed E-state index contributed by atoms with van der Waals surface area (Å²) in [6, 6.07) is 7.78. The van der Waals surface area contributed by atoms with Gasteiger partial charge in [0.15, 0.2) is 0 Å². The van der Waals surface area contributed by atoms with Crippen molar-refractivity contribution in [1.82, 2.24) is 5.32 Å². The van der Waals surface area contributed by atoms with E-state index in [2.05, 4.69) is 21.2 Å². The minimum atomic E-state index is 0.0683. The minimum Gasteiger partial charge on any atom is -0.381 e. The molecule has 1 aromatic rings. The van der Waals surface area contributed by atoms with Gasteiger partial charge in [0, 0.05) is 16.9 Å². The van der Waals surface area contributed by atoms with Crippen molar-refractivity contribution in [2.24, 2.45) is 5.92 Å². The standard InChI is InChI=1S/C12H14BrNO2/c13-11-4-2-1-3-10(11)5-12(15)14-6-9-7-16-8-9/h1-4,9H,5-8H2,(H,14,15). The highest BCUT2D eigenvalue weighted by atomic mass is 79.9. The number of carbonyl (C=O) groups is 1. The van der Waals surface area contributed by atoms with Crippen molar-refractivity contribution >= 4 is 21.8 Å². The van der Waals surface area contributed by atoms with Crippen LogP contribution in [0, 0.1) is 5.92 Å². The molecule has 1 amide bonds. The Morgan fingerprint density at radius 3 is 2.81 bits per heavy atom. The van der Waals surface area contributed by atoms with E-state index in [1.807, 2.05) is 24.3 Å². The third-order valence-corrected chi connectivity index (χ3v) is 3.38. The molecular weight excluding hydrogens is 270 g/mol. The topological polar surface area (TPSA) is 38.3 Å². The number of halogens is 1. The van der Waals surface area contributed by atoms with Gasteiger partial charge in [-0.3, -0.25) is 4.79 Å². The molecule has 4 heteroatoms. The lowest BCUT2D eigenvalue weighted by molar-refractivity contribution is -0.121. The smallest absolute Gasteiger partial charge is 0.224 e. The van der Waals surface area contributed by atoms with Gasteiger partial charge in [0.2, 0.25) is 5.91 Å². The van der Waals surface area contributed by atoms with Gasteiger partial charge >= 0.3 is 0 Å². The Bertz CT molecular complexity index is 377. The second kappa shape index (κ2) is 5.46. The summed E-state index contributed by atoms with van der Waals surface area (Å²) in [5.74, 6) is 0.571. The highest BCUT2D eigenvalue weighted by Crippen LogP contribution is 2.16. The number of hydrogen-bond acceptors (Lipinski definition) is 2. The normalized spacial score (nSPS) is 15.6. The number of benzene rings is 1. The van der Waals surface area contributed by atoms with E-state index in [1.165, 1.54) is 0 Å². The van der Waals surface area contributed by atoms with Crippen LogP contribution in [0.5, 0.6) is 0 Å². The van der Waals surface area contributed by atoms with Crippen LogP contribution < -0.4 is 5.32 Å². The fourth-order valence-electron chi connectivity index (χ4n) is 1.54. The minimum absolute atomic E-state index is 0.0683. The van der Waals surface area contributed by atoms with Crippen LogP contribution >= 0.6 is 15.9 Å². The third-order valence-electron chi connectivity index (χ3n) is 2.60. The Labute approximate surface area is 103 Å². The van der Waals surface area contributed by atoms with Crippen molar-refractivity contribution < 1.29 is 9.53 Å². The maximum atomic E-state index is 11.6. The summed E-state index contributed by atoms with van der Waals surface area (Å²) < 4.78 is 6.03. The molecule has 0 bridgehead atoms. The Kier molecular flexibility index (Phi) is 3.96. The van der Waals surface area contributed by atoms with Crippen LogP contribution in [0.15, 0.2) is 28.7 Å². The molecule has 1 saturated heterocycles. The molecule has 0 aliphatic carbocycles. The zero-order valence-electron chi connectivity index (χ0n) is 8.91.